The molecule has 2 nitrogen and oxygen atoms in total. The SMILES string of the molecule is CCCNC(c1cncc(F)c1)C1(C)CCCC1. The van der Waals surface area contributed by atoms with Gasteiger partial charge in [0.05, 0.1) is 6.20 Å². The number of rotatable bonds is 5. The van der Waals surface area contributed by atoms with Gasteiger partial charge in [-0.2, -0.15) is 0 Å². The second kappa shape index (κ2) is 5.79. The van der Waals surface area contributed by atoms with E-state index in [9.17, 15) is 4.39 Å². The van der Waals surface area contributed by atoms with E-state index in [2.05, 4.69) is 24.1 Å². The average molecular weight is 250 g/mol. The molecule has 100 valence electrons. The molecule has 1 fully saturated rings. The predicted octanol–water partition coefficient (Wildman–Crippen LogP) is 3.84. The fourth-order valence-corrected chi connectivity index (χ4v) is 3.11. The molecular formula is C15H23FN2. The van der Waals surface area contributed by atoms with Crippen LogP contribution in [0.4, 0.5) is 4.39 Å². The maximum absolute atomic E-state index is 13.4. The summed E-state index contributed by atoms with van der Waals surface area (Å²) in [7, 11) is 0. The summed E-state index contributed by atoms with van der Waals surface area (Å²) in [4.78, 5) is 4.00. The summed E-state index contributed by atoms with van der Waals surface area (Å²) >= 11 is 0. The van der Waals surface area contributed by atoms with Gasteiger partial charge in [0.15, 0.2) is 0 Å². The molecular weight excluding hydrogens is 227 g/mol. The van der Waals surface area contributed by atoms with E-state index in [0.717, 1.165) is 18.5 Å². The third-order valence-electron chi connectivity index (χ3n) is 4.10. The maximum atomic E-state index is 13.4. The van der Waals surface area contributed by atoms with Gasteiger partial charge in [-0.15, -0.1) is 0 Å². The zero-order valence-electron chi connectivity index (χ0n) is 11.4. The Morgan fingerprint density at radius 3 is 2.72 bits per heavy atom. The van der Waals surface area contributed by atoms with Crippen LogP contribution in [0.25, 0.3) is 0 Å². The van der Waals surface area contributed by atoms with Gasteiger partial charge in [-0.3, -0.25) is 4.98 Å². The summed E-state index contributed by atoms with van der Waals surface area (Å²) < 4.78 is 13.4. The van der Waals surface area contributed by atoms with Gasteiger partial charge in [0.2, 0.25) is 0 Å². The van der Waals surface area contributed by atoms with Crippen LogP contribution in [0.2, 0.25) is 0 Å². The molecule has 0 radical (unpaired) electrons. The molecule has 0 aliphatic heterocycles. The number of hydrogen-bond donors (Lipinski definition) is 1. The van der Waals surface area contributed by atoms with Crippen molar-refractivity contribution in [3.8, 4) is 0 Å². The van der Waals surface area contributed by atoms with Crippen molar-refractivity contribution in [2.75, 3.05) is 6.54 Å². The molecule has 1 aliphatic rings. The molecule has 1 aromatic rings. The van der Waals surface area contributed by atoms with Crippen LogP contribution < -0.4 is 5.32 Å². The van der Waals surface area contributed by atoms with Gasteiger partial charge in [0.1, 0.15) is 5.82 Å². The molecule has 18 heavy (non-hydrogen) atoms. The second-order valence-corrected chi connectivity index (χ2v) is 5.68. The van der Waals surface area contributed by atoms with E-state index in [1.807, 2.05) is 0 Å². The summed E-state index contributed by atoms with van der Waals surface area (Å²) in [6, 6.07) is 1.85. The molecule has 0 aromatic carbocycles. The number of nitrogens with one attached hydrogen (secondary N) is 1. The first-order valence-corrected chi connectivity index (χ1v) is 6.99. The molecule has 0 saturated heterocycles. The van der Waals surface area contributed by atoms with Crippen molar-refractivity contribution in [3.63, 3.8) is 0 Å². The van der Waals surface area contributed by atoms with Crippen LogP contribution in [0.3, 0.4) is 0 Å². The number of aromatic nitrogens is 1. The summed E-state index contributed by atoms with van der Waals surface area (Å²) in [5.74, 6) is -0.239. The molecule has 0 amide bonds. The molecule has 1 atom stereocenters. The molecule has 1 aliphatic carbocycles. The highest BCUT2D eigenvalue weighted by Gasteiger charge is 2.37. The van der Waals surface area contributed by atoms with Crippen molar-refractivity contribution >= 4 is 0 Å². The first-order chi connectivity index (χ1) is 8.65. The van der Waals surface area contributed by atoms with Gasteiger partial charge in [-0.05, 0) is 42.9 Å². The zero-order valence-corrected chi connectivity index (χ0v) is 11.4. The van der Waals surface area contributed by atoms with Gasteiger partial charge in [-0.1, -0.05) is 26.7 Å². The Morgan fingerprint density at radius 2 is 2.11 bits per heavy atom. The Kier molecular flexibility index (Phi) is 4.33. The lowest BCUT2D eigenvalue weighted by Gasteiger charge is -2.35. The van der Waals surface area contributed by atoms with Crippen molar-refractivity contribution in [1.29, 1.82) is 0 Å². The Bertz CT molecular complexity index is 386. The minimum absolute atomic E-state index is 0.225. The van der Waals surface area contributed by atoms with Crippen molar-refractivity contribution in [2.45, 2.75) is 52.0 Å². The van der Waals surface area contributed by atoms with E-state index in [1.54, 1.807) is 12.3 Å². The minimum atomic E-state index is -0.239. The van der Waals surface area contributed by atoms with Crippen molar-refractivity contribution < 1.29 is 4.39 Å². The van der Waals surface area contributed by atoms with E-state index in [1.165, 1.54) is 31.9 Å². The minimum Gasteiger partial charge on any atom is -0.309 e. The number of hydrogen-bond acceptors (Lipinski definition) is 2. The van der Waals surface area contributed by atoms with Crippen LogP contribution in [0.5, 0.6) is 0 Å². The molecule has 3 heteroatoms. The lowest BCUT2D eigenvalue weighted by molar-refractivity contribution is 0.223. The lowest BCUT2D eigenvalue weighted by atomic mass is 9.77. The number of halogens is 1. The fourth-order valence-electron chi connectivity index (χ4n) is 3.11. The molecule has 1 N–H and O–H groups in total. The highest BCUT2D eigenvalue weighted by molar-refractivity contribution is 5.18. The molecule has 1 heterocycles. The summed E-state index contributed by atoms with van der Waals surface area (Å²) in [5, 5.41) is 3.59. The highest BCUT2D eigenvalue weighted by atomic mass is 19.1. The summed E-state index contributed by atoms with van der Waals surface area (Å²) in [6.45, 7) is 5.44. The van der Waals surface area contributed by atoms with Crippen LogP contribution in [-0.2, 0) is 0 Å². The van der Waals surface area contributed by atoms with E-state index in [-0.39, 0.29) is 17.3 Å². The van der Waals surface area contributed by atoms with Crippen LogP contribution in [0.1, 0.15) is 57.6 Å². The first-order valence-electron chi connectivity index (χ1n) is 6.99. The van der Waals surface area contributed by atoms with E-state index in [4.69, 9.17) is 0 Å². The quantitative estimate of drug-likeness (QED) is 0.858. The summed E-state index contributed by atoms with van der Waals surface area (Å²) in [6.07, 6.45) is 9.16. The van der Waals surface area contributed by atoms with E-state index >= 15 is 0 Å². The van der Waals surface area contributed by atoms with Gasteiger partial charge in [-0.25, -0.2) is 4.39 Å². The molecule has 2 rings (SSSR count). The Hall–Kier alpha value is -0.960. The highest BCUT2D eigenvalue weighted by Crippen LogP contribution is 2.47. The molecule has 1 saturated carbocycles. The topological polar surface area (TPSA) is 24.9 Å². The molecule has 0 spiro atoms. The Balaban J connectivity index is 2.24. The maximum Gasteiger partial charge on any atom is 0.141 e. The standard InChI is InChI=1S/C15H23FN2/c1-3-8-18-14(15(2)6-4-5-7-15)12-9-13(16)11-17-10-12/h9-11,14,18H,3-8H2,1-2H3. The smallest absolute Gasteiger partial charge is 0.141 e. The van der Waals surface area contributed by atoms with Gasteiger partial charge < -0.3 is 5.32 Å². The van der Waals surface area contributed by atoms with E-state index < -0.39 is 0 Å². The van der Waals surface area contributed by atoms with Crippen LogP contribution >= 0.6 is 0 Å². The van der Waals surface area contributed by atoms with Crippen molar-refractivity contribution in [3.05, 3.63) is 29.8 Å². The average Bonchev–Trinajstić information content (AvgIpc) is 2.77. The van der Waals surface area contributed by atoms with Crippen LogP contribution in [0, 0.1) is 11.2 Å². The molecule has 1 aromatic heterocycles. The van der Waals surface area contributed by atoms with Crippen LogP contribution in [-0.4, -0.2) is 11.5 Å². The van der Waals surface area contributed by atoms with Crippen LogP contribution in [0.15, 0.2) is 18.5 Å². The Morgan fingerprint density at radius 1 is 1.39 bits per heavy atom. The predicted molar refractivity (Wildman–Crippen MR) is 71.8 cm³/mol. The van der Waals surface area contributed by atoms with Crippen molar-refractivity contribution in [1.82, 2.24) is 10.3 Å². The monoisotopic (exact) mass is 250 g/mol. The second-order valence-electron chi connectivity index (χ2n) is 5.68. The fraction of sp³-hybridized carbons (Fsp3) is 0.667. The molecule has 1 unspecified atom stereocenters. The normalized spacial score (nSPS) is 19.9. The third kappa shape index (κ3) is 2.89. The Labute approximate surface area is 109 Å². The molecule has 0 bridgehead atoms. The largest absolute Gasteiger partial charge is 0.309 e. The zero-order chi connectivity index (χ0) is 13.0. The van der Waals surface area contributed by atoms with Gasteiger partial charge >= 0.3 is 0 Å². The number of nitrogens with zero attached hydrogens (tertiary/aromatic N) is 1. The third-order valence-corrected chi connectivity index (χ3v) is 4.10. The lowest BCUT2D eigenvalue weighted by Crippen LogP contribution is -2.35. The summed E-state index contributed by atoms with van der Waals surface area (Å²) in [5.41, 5.74) is 1.23. The van der Waals surface area contributed by atoms with Gasteiger partial charge in [0.25, 0.3) is 0 Å². The van der Waals surface area contributed by atoms with E-state index in [0.29, 0.717) is 0 Å². The van der Waals surface area contributed by atoms with Gasteiger partial charge in [0, 0.05) is 12.2 Å². The van der Waals surface area contributed by atoms with Crippen molar-refractivity contribution in [2.24, 2.45) is 5.41 Å². The number of pyridine rings is 1. The first kappa shape index (κ1) is 13.5.